The van der Waals surface area contributed by atoms with E-state index in [0.717, 1.165) is 30.9 Å². The van der Waals surface area contributed by atoms with Crippen LogP contribution in [-0.2, 0) is 0 Å². The van der Waals surface area contributed by atoms with Crippen molar-refractivity contribution in [3.63, 3.8) is 0 Å². The molecule has 2 aromatic carbocycles. The summed E-state index contributed by atoms with van der Waals surface area (Å²) in [6.07, 6.45) is 0.864. The number of benzene rings is 2. The third-order valence-corrected chi connectivity index (χ3v) is 5.37. The van der Waals surface area contributed by atoms with E-state index in [4.69, 9.17) is 4.74 Å². The number of methoxy groups -OCH3 is 1. The molecule has 2 amide bonds. The van der Waals surface area contributed by atoms with Gasteiger partial charge in [0.25, 0.3) is 11.8 Å². The maximum atomic E-state index is 12.9. The summed E-state index contributed by atoms with van der Waals surface area (Å²) in [5.41, 5.74) is 2.20. The van der Waals surface area contributed by atoms with Gasteiger partial charge in [0.2, 0.25) is 0 Å². The summed E-state index contributed by atoms with van der Waals surface area (Å²) in [5.74, 6) is 0.663. The fourth-order valence-corrected chi connectivity index (χ4v) is 3.35. The summed E-state index contributed by atoms with van der Waals surface area (Å²) in [7, 11) is 1.66. The Hall–Kier alpha value is -3.02. The van der Waals surface area contributed by atoms with Crippen molar-refractivity contribution in [1.29, 1.82) is 0 Å². The Morgan fingerprint density at radius 2 is 1.69 bits per heavy atom. The standard InChI is InChI=1S/C23H29N3O3/c1-4-17(2)24-22(27)18-6-5-7-19(16-18)23(28)26-14-12-25(13-15-26)20-8-10-21(29-3)11-9-20/h5-11,16-17H,4,12-15H2,1-3H3,(H,24,27). The third-order valence-electron chi connectivity index (χ3n) is 5.37. The van der Waals surface area contributed by atoms with Crippen LogP contribution in [0.3, 0.4) is 0 Å². The highest BCUT2D eigenvalue weighted by Gasteiger charge is 2.23. The summed E-state index contributed by atoms with van der Waals surface area (Å²) in [4.78, 5) is 29.4. The van der Waals surface area contributed by atoms with Crippen LogP contribution in [0.4, 0.5) is 5.69 Å². The lowest BCUT2D eigenvalue weighted by atomic mass is 10.1. The third kappa shape index (κ3) is 5.08. The van der Waals surface area contributed by atoms with E-state index in [2.05, 4.69) is 10.2 Å². The van der Waals surface area contributed by atoms with Gasteiger partial charge in [0, 0.05) is 49.0 Å². The highest BCUT2D eigenvalue weighted by Crippen LogP contribution is 2.21. The molecule has 6 nitrogen and oxygen atoms in total. The van der Waals surface area contributed by atoms with Crippen LogP contribution in [0.1, 0.15) is 41.0 Å². The van der Waals surface area contributed by atoms with Crippen molar-refractivity contribution in [3.05, 3.63) is 59.7 Å². The molecule has 0 radical (unpaired) electrons. The summed E-state index contributed by atoms with van der Waals surface area (Å²) >= 11 is 0. The number of carbonyl (C=O) groups is 2. The predicted octanol–water partition coefficient (Wildman–Crippen LogP) is 3.19. The molecule has 1 atom stereocenters. The molecule has 0 spiro atoms. The predicted molar refractivity (Wildman–Crippen MR) is 115 cm³/mol. The number of amides is 2. The lowest BCUT2D eigenvalue weighted by Crippen LogP contribution is -2.48. The average Bonchev–Trinajstić information content (AvgIpc) is 2.78. The van der Waals surface area contributed by atoms with Gasteiger partial charge < -0.3 is 19.9 Å². The molecule has 0 aliphatic carbocycles. The van der Waals surface area contributed by atoms with Gasteiger partial charge in [-0.25, -0.2) is 0 Å². The number of hydrogen-bond donors (Lipinski definition) is 1. The maximum absolute atomic E-state index is 12.9. The minimum absolute atomic E-state index is 0.0300. The molecule has 2 aromatic rings. The highest BCUT2D eigenvalue weighted by atomic mass is 16.5. The molecular formula is C23H29N3O3. The second-order valence-electron chi connectivity index (χ2n) is 7.34. The van der Waals surface area contributed by atoms with Crippen molar-refractivity contribution in [2.45, 2.75) is 26.3 Å². The molecule has 1 heterocycles. The second kappa shape index (κ2) is 9.45. The number of hydrogen-bond acceptors (Lipinski definition) is 4. The summed E-state index contributed by atoms with van der Waals surface area (Å²) in [6.45, 7) is 6.83. The van der Waals surface area contributed by atoms with Crippen LogP contribution < -0.4 is 15.0 Å². The molecule has 0 aromatic heterocycles. The van der Waals surface area contributed by atoms with E-state index in [1.807, 2.05) is 43.0 Å². The number of carbonyl (C=O) groups excluding carboxylic acids is 2. The van der Waals surface area contributed by atoms with Crippen molar-refractivity contribution >= 4 is 17.5 Å². The van der Waals surface area contributed by atoms with Gasteiger partial charge >= 0.3 is 0 Å². The SMILES string of the molecule is CCC(C)NC(=O)c1cccc(C(=O)N2CCN(c3ccc(OC)cc3)CC2)c1. The summed E-state index contributed by atoms with van der Waals surface area (Å²) in [5, 5.41) is 2.94. The summed E-state index contributed by atoms with van der Waals surface area (Å²) in [6, 6.07) is 15.1. The van der Waals surface area contributed by atoms with Gasteiger partial charge in [0.05, 0.1) is 7.11 Å². The van der Waals surface area contributed by atoms with Gasteiger partial charge in [-0.15, -0.1) is 0 Å². The molecule has 6 heteroatoms. The average molecular weight is 396 g/mol. The lowest BCUT2D eigenvalue weighted by molar-refractivity contribution is 0.0747. The number of piperazine rings is 1. The number of rotatable bonds is 6. The topological polar surface area (TPSA) is 61.9 Å². The fourth-order valence-electron chi connectivity index (χ4n) is 3.35. The van der Waals surface area contributed by atoms with E-state index in [9.17, 15) is 9.59 Å². The van der Waals surface area contributed by atoms with Gasteiger partial charge in [0.1, 0.15) is 5.75 Å². The summed E-state index contributed by atoms with van der Waals surface area (Å²) < 4.78 is 5.21. The lowest BCUT2D eigenvalue weighted by Gasteiger charge is -2.36. The van der Waals surface area contributed by atoms with E-state index in [-0.39, 0.29) is 17.9 Å². The molecule has 3 rings (SSSR count). The molecule has 1 unspecified atom stereocenters. The van der Waals surface area contributed by atoms with Crippen molar-refractivity contribution in [2.24, 2.45) is 0 Å². The molecule has 0 bridgehead atoms. The zero-order chi connectivity index (χ0) is 20.8. The Bertz CT molecular complexity index is 843. The zero-order valence-corrected chi connectivity index (χ0v) is 17.4. The molecule has 1 N–H and O–H groups in total. The van der Waals surface area contributed by atoms with Crippen LogP contribution in [0.25, 0.3) is 0 Å². The Morgan fingerprint density at radius 1 is 1.03 bits per heavy atom. The Balaban J connectivity index is 1.61. The minimum Gasteiger partial charge on any atom is -0.497 e. The molecule has 0 saturated carbocycles. The van der Waals surface area contributed by atoms with Gasteiger partial charge in [-0.05, 0) is 55.8 Å². The first-order valence-corrected chi connectivity index (χ1v) is 10.1. The number of ether oxygens (including phenoxy) is 1. The van der Waals surface area contributed by atoms with Gasteiger partial charge in [-0.3, -0.25) is 9.59 Å². The van der Waals surface area contributed by atoms with Crippen LogP contribution in [0.2, 0.25) is 0 Å². The molecular weight excluding hydrogens is 366 g/mol. The van der Waals surface area contributed by atoms with Crippen LogP contribution in [0.15, 0.2) is 48.5 Å². The molecule has 29 heavy (non-hydrogen) atoms. The first kappa shape index (κ1) is 20.7. The van der Waals surface area contributed by atoms with Crippen LogP contribution in [-0.4, -0.2) is 56.0 Å². The molecule has 1 saturated heterocycles. The van der Waals surface area contributed by atoms with Crippen molar-refractivity contribution in [3.8, 4) is 5.75 Å². The van der Waals surface area contributed by atoms with Crippen molar-refractivity contribution < 1.29 is 14.3 Å². The maximum Gasteiger partial charge on any atom is 0.253 e. The van der Waals surface area contributed by atoms with E-state index >= 15 is 0 Å². The molecule has 1 fully saturated rings. The number of anilines is 1. The molecule has 1 aliphatic rings. The Morgan fingerprint density at radius 3 is 2.31 bits per heavy atom. The minimum atomic E-state index is -0.140. The van der Waals surface area contributed by atoms with Gasteiger partial charge in [-0.2, -0.15) is 0 Å². The number of nitrogens with one attached hydrogen (secondary N) is 1. The highest BCUT2D eigenvalue weighted by molar-refractivity contribution is 5.99. The fraction of sp³-hybridized carbons (Fsp3) is 0.391. The Kier molecular flexibility index (Phi) is 6.75. The zero-order valence-electron chi connectivity index (χ0n) is 17.4. The second-order valence-corrected chi connectivity index (χ2v) is 7.34. The van der Waals surface area contributed by atoms with Crippen LogP contribution >= 0.6 is 0 Å². The van der Waals surface area contributed by atoms with Gasteiger partial charge in [-0.1, -0.05) is 13.0 Å². The first-order valence-electron chi connectivity index (χ1n) is 10.1. The Labute approximate surface area is 172 Å². The quantitative estimate of drug-likeness (QED) is 0.816. The van der Waals surface area contributed by atoms with Gasteiger partial charge in [0.15, 0.2) is 0 Å². The molecule has 1 aliphatic heterocycles. The molecule has 154 valence electrons. The first-order chi connectivity index (χ1) is 14.0. The van der Waals surface area contributed by atoms with E-state index in [1.54, 1.807) is 31.4 Å². The van der Waals surface area contributed by atoms with E-state index < -0.39 is 0 Å². The monoisotopic (exact) mass is 395 g/mol. The van der Waals surface area contributed by atoms with Crippen LogP contribution in [0, 0.1) is 0 Å². The number of nitrogens with zero attached hydrogens (tertiary/aromatic N) is 2. The smallest absolute Gasteiger partial charge is 0.253 e. The van der Waals surface area contributed by atoms with E-state index in [0.29, 0.717) is 24.2 Å². The largest absolute Gasteiger partial charge is 0.497 e. The van der Waals surface area contributed by atoms with Crippen LogP contribution in [0.5, 0.6) is 5.75 Å². The normalized spacial score (nSPS) is 15.0. The van der Waals surface area contributed by atoms with Crippen molar-refractivity contribution in [1.82, 2.24) is 10.2 Å². The van der Waals surface area contributed by atoms with E-state index in [1.165, 1.54) is 0 Å². The van der Waals surface area contributed by atoms with Crippen molar-refractivity contribution in [2.75, 3.05) is 38.2 Å².